The fraction of sp³-hybridized carbons (Fsp3) is 0.400. The van der Waals surface area contributed by atoms with E-state index in [9.17, 15) is 14.4 Å². The molecule has 1 N–H and O–H groups in total. The van der Waals surface area contributed by atoms with Gasteiger partial charge in [-0.15, -0.1) is 0 Å². The van der Waals surface area contributed by atoms with Gasteiger partial charge < -0.3 is 14.6 Å². The van der Waals surface area contributed by atoms with Gasteiger partial charge in [0.05, 0.1) is 19.6 Å². The van der Waals surface area contributed by atoms with Gasteiger partial charge in [0.2, 0.25) is 5.91 Å². The van der Waals surface area contributed by atoms with Crippen LogP contribution in [-0.2, 0) is 19.9 Å². The number of aromatic nitrogens is 2. The van der Waals surface area contributed by atoms with Crippen molar-refractivity contribution in [2.75, 3.05) is 7.11 Å². The minimum Gasteiger partial charge on any atom is -0.469 e. The normalized spacial score (nSPS) is 13.5. The van der Waals surface area contributed by atoms with Crippen molar-refractivity contribution < 1.29 is 14.3 Å². The maximum Gasteiger partial charge on any atom is 0.307 e. The molecule has 0 saturated carbocycles. The van der Waals surface area contributed by atoms with Crippen molar-refractivity contribution in [2.45, 2.75) is 72.4 Å². The number of esters is 1. The number of benzene rings is 1. The first kappa shape index (κ1) is 27.8. The lowest BCUT2D eigenvalue weighted by atomic mass is 9.91. The van der Waals surface area contributed by atoms with Crippen LogP contribution >= 0.6 is 0 Å². The Labute approximate surface area is 218 Å². The van der Waals surface area contributed by atoms with Crippen molar-refractivity contribution >= 4 is 11.9 Å². The number of hydrogen-bond acceptors (Lipinski definition) is 5. The van der Waals surface area contributed by atoms with Gasteiger partial charge >= 0.3 is 5.97 Å². The number of carbonyl (C=O) groups excluding carboxylic acids is 2. The fourth-order valence-corrected chi connectivity index (χ4v) is 4.81. The second-order valence-corrected chi connectivity index (χ2v) is 9.95. The third-order valence-electron chi connectivity index (χ3n) is 7.12. The van der Waals surface area contributed by atoms with Crippen LogP contribution in [0, 0.1) is 27.7 Å². The Balaban J connectivity index is 2.06. The van der Waals surface area contributed by atoms with Crippen LogP contribution in [0.2, 0.25) is 0 Å². The first-order chi connectivity index (χ1) is 17.5. The standard InChI is InChI=1S/C30H37N3O4/c1-8-12-30(6,33-18-22(5)21(4)13-26(33)34)29(36)32-25(15-27(35)37-7)23-14-24(17-31-16-23)28-19(2)10-9-11-20(28)3/h9-11,13-14,16-18,25H,8,12,15H2,1-7H3,(H,32,36)/t25-,30?/m1/s1. The van der Waals surface area contributed by atoms with Crippen molar-refractivity contribution in [2.24, 2.45) is 0 Å². The van der Waals surface area contributed by atoms with Crippen LogP contribution in [0.5, 0.6) is 0 Å². The number of rotatable bonds is 9. The molecule has 3 aromatic rings. The molecule has 37 heavy (non-hydrogen) atoms. The Kier molecular flexibility index (Phi) is 8.69. The Hall–Kier alpha value is -3.74. The molecule has 7 heteroatoms. The number of pyridine rings is 2. The molecule has 2 atom stereocenters. The molecule has 2 heterocycles. The summed E-state index contributed by atoms with van der Waals surface area (Å²) in [5, 5.41) is 3.05. The number of nitrogens with zero attached hydrogens (tertiary/aromatic N) is 2. The van der Waals surface area contributed by atoms with Crippen molar-refractivity contribution in [3.8, 4) is 11.1 Å². The highest BCUT2D eigenvalue weighted by atomic mass is 16.5. The molecular formula is C30H37N3O4. The smallest absolute Gasteiger partial charge is 0.307 e. The molecule has 3 rings (SSSR count). The molecule has 196 valence electrons. The molecule has 0 aliphatic rings. The Bertz CT molecular complexity index is 1340. The summed E-state index contributed by atoms with van der Waals surface area (Å²) in [5.41, 5.74) is 5.29. The van der Waals surface area contributed by atoms with E-state index < -0.39 is 17.6 Å². The molecule has 2 aromatic heterocycles. The zero-order valence-corrected chi connectivity index (χ0v) is 22.8. The molecule has 0 radical (unpaired) electrons. The van der Waals surface area contributed by atoms with Gasteiger partial charge in [0.1, 0.15) is 5.54 Å². The lowest BCUT2D eigenvalue weighted by Gasteiger charge is -2.33. The minimum absolute atomic E-state index is 0.0653. The van der Waals surface area contributed by atoms with E-state index in [0.717, 1.165) is 33.4 Å². The summed E-state index contributed by atoms with van der Waals surface area (Å²) in [6, 6.07) is 8.92. The van der Waals surface area contributed by atoms with E-state index in [1.54, 1.807) is 31.6 Å². The molecular weight excluding hydrogens is 466 g/mol. The first-order valence-corrected chi connectivity index (χ1v) is 12.6. The lowest BCUT2D eigenvalue weighted by molar-refractivity contribution is -0.141. The highest BCUT2D eigenvalue weighted by molar-refractivity contribution is 5.85. The number of amides is 1. The van der Waals surface area contributed by atoms with Crippen molar-refractivity contribution in [3.05, 3.63) is 87.1 Å². The molecule has 0 fully saturated rings. The third kappa shape index (κ3) is 5.98. The summed E-state index contributed by atoms with van der Waals surface area (Å²) in [7, 11) is 1.32. The number of methoxy groups -OCH3 is 1. The van der Waals surface area contributed by atoms with E-state index in [0.29, 0.717) is 18.4 Å². The molecule has 0 saturated heterocycles. The average Bonchev–Trinajstić information content (AvgIpc) is 2.85. The highest BCUT2D eigenvalue weighted by Crippen LogP contribution is 2.30. The van der Waals surface area contributed by atoms with Crippen LogP contribution in [0.25, 0.3) is 11.1 Å². The maximum absolute atomic E-state index is 13.9. The Morgan fingerprint density at radius 3 is 2.35 bits per heavy atom. The van der Waals surface area contributed by atoms with Gasteiger partial charge in [0.25, 0.3) is 5.56 Å². The molecule has 0 aliphatic heterocycles. The van der Waals surface area contributed by atoms with Crippen molar-refractivity contribution in [1.29, 1.82) is 0 Å². The predicted octanol–water partition coefficient (Wildman–Crippen LogP) is 5.08. The molecule has 1 aromatic carbocycles. The van der Waals surface area contributed by atoms with Crippen molar-refractivity contribution in [3.63, 3.8) is 0 Å². The van der Waals surface area contributed by atoms with Crippen LogP contribution in [0.15, 0.2) is 53.7 Å². The Morgan fingerprint density at radius 1 is 1.05 bits per heavy atom. The van der Waals surface area contributed by atoms with E-state index in [4.69, 9.17) is 4.74 Å². The van der Waals surface area contributed by atoms with Crippen molar-refractivity contribution in [1.82, 2.24) is 14.9 Å². The van der Waals surface area contributed by atoms with Crippen LogP contribution in [-0.4, -0.2) is 28.5 Å². The predicted molar refractivity (Wildman–Crippen MR) is 145 cm³/mol. The summed E-state index contributed by atoms with van der Waals surface area (Å²) < 4.78 is 6.45. The van der Waals surface area contributed by atoms with Gasteiger partial charge in [0, 0.05) is 30.2 Å². The second kappa shape index (κ2) is 11.5. The largest absolute Gasteiger partial charge is 0.469 e. The summed E-state index contributed by atoms with van der Waals surface area (Å²) in [4.78, 5) is 43.7. The zero-order chi connectivity index (χ0) is 27.3. The van der Waals surface area contributed by atoms with E-state index in [1.165, 1.54) is 11.7 Å². The molecule has 0 aliphatic carbocycles. The number of carbonyl (C=O) groups is 2. The fourth-order valence-electron chi connectivity index (χ4n) is 4.81. The van der Waals surface area contributed by atoms with Crippen LogP contribution in [0.4, 0.5) is 0 Å². The first-order valence-electron chi connectivity index (χ1n) is 12.6. The van der Waals surface area contributed by atoms with E-state index >= 15 is 0 Å². The minimum atomic E-state index is -1.14. The van der Waals surface area contributed by atoms with E-state index in [1.807, 2.05) is 58.9 Å². The van der Waals surface area contributed by atoms with Gasteiger partial charge in [-0.05, 0) is 80.5 Å². The monoisotopic (exact) mass is 503 g/mol. The molecule has 7 nitrogen and oxygen atoms in total. The number of aryl methyl sites for hydroxylation is 4. The van der Waals surface area contributed by atoms with Crippen LogP contribution in [0.1, 0.15) is 67.0 Å². The summed E-state index contributed by atoms with van der Waals surface area (Å²) in [5.74, 6) is -0.797. The molecule has 0 spiro atoms. The number of hydrogen-bond donors (Lipinski definition) is 1. The summed E-state index contributed by atoms with van der Waals surface area (Å²) >= 11 is 0. The van der Waals surface area contributed by atoms with Gasteiger partial charge in [-0.2, -0.15) is 0 Å². The SMILES string of the molecule is CCCC(C)(C(=O)N[C@H](CC(=O)OC)c1cncc(-c2c(C)cccc2C)c1)n1cc(C)c(C)cc1=O. The van der Waals surface area contributed by atoms with E-state index in [-0.39, 0.29) is 17.9 Å². The topological polar surface area (TPSA) is 90.3 Å². The van der Waals surface area contributed by atoms with Gasteiger partial charge in [-0.25, -0.2) is 0 Å². The lowest BCUT2D eigenvalue weighted by Crippen LogP contribution is -2.51. The quantitative estimate of drug-likeness (QED) is 0.411. The highest BCUT2D eigenvalue weighted by Gasteiger charge is 2.37. The van der Waals surface area contributed by atoms with E-state index in [2.05, 4.69) is 10.3 Å². The van der Waals surface area contributed by atoms with Gasteiger partial charge in [-0.3, -0.25) is 19.4 Å². The number of ether oxygens (including phenoxy) is 1. The van der Waals surface area contributed by atoms with Crippen LogP contribution in [0.3, 0.4) is 0 Å². The average molecular weight is 504 g/mol. The second-order valence-electron chi connectivity index (χ2n) is 9.95. The molecule has 1 unspecified atom stereocenters. The third-order valence-corrected chi connectivity index (χ3v) is 7.12. The summed E-state index contributed by atoms with van der Waals surface area (Å²) in [6.07, 6.45) is 6.26. The van der Waals surface area contributed by atoms with Gasteiger partial charge in [0.15, 0.2) is 0 Å². The number of nitrogens with one attached hydrogen (secondary N) is 1. The summed E-state index contributed by atoms with van der Waals surface area (Å²) in [6.45, 7) is 11.6. The van der Waals surface area contributed by atoms with Gasteiger partial charge in [-0.1, -0.05) is 31.5 Å². The Morgan fingerprint density at radius 2 is 1.73 bits per heavy atom. The molecule has 0 bridgehead atoms. The molecule has 1 amide bonds. The van der Waals surface area contributed by atoms with Crippen LogP contribution < -0.4 is 10.9 Å². The zero-order valence-electron chi connectivity index (χ0n) is 22.8. The maximum atomic E-state index is 13.9.